The molecule has 2 aromatic rings. The monoisotopic (exact) mass is 367 g/mol. The van der Waals surface area contributed by atoms with E-state index in [4.69, 9.17) is 4.74 Å². The zero-order valence-electron chi connectivity index (χ0n) is 15.5. The molecule has 142 valence electrons. The van der Waals surface area contributed by atoms with E-state index in [9.17, 15) is 9.59 Å². The lowest BCUT2D eigenvalue weighted by Crippen LogP contribution is -2.54. The fourth-order valence-corrected chi connectivity index (χ4v) is 3.75. The number of carbonyl (C=O) groups is 2. The van der Waals surface area contributed by atoms with Crippen molar-refractivity contribution in [2.24, 2.45) is 0 Å². The summed E-state index contributed by atoms with van der Waals surface area (Å²) >= 11 is 0. The molecule has 2 aliphatic heterocycles. The first kappa shape index (κ1) is 17.6. The molecule has 3 amide bonds. The molecule has 0 atom stereocenters. The zero-order valence-corrected chi connectivity index (χ0v) is 15.5. The molecule has 0 N–H and O–H groups in total. The summed E-state index contributed by atoms with van der Waals surface area (Å²) in [5.74, 6) is 0.668. The molecule has 2 aromatic carbocycles. The Morgan fingerprint density at radius 2 is 1.41 bits per heavy atom. The minimum Gasteiger partial charge on any atom is -0.484 e. The van der Waals surface area contributed by atoms with Crippen LogP contribution in [0.3, 0.4) is 0 Å². The van der Waals surface area contributed by atoms with Crippen LogP contribution in [0.2, 0.25) is 0 Å². The Labute approximate surface area is 159 Å². The van der Waals surface area contributed by atoms with Crippen LogP contribution in [-0.4, -0.2) is 72.5 Å². The number of hydrogen-bond acceptors (Lipinski definition) is 3. The lowest BCUT2D eigenvalue weighted by atomic mass is 10.1. The van der Waals surface area contributed by atoms with Gasteiger partial charge < -0.3 is 19.4 Å². The number of benzene rings is 2. The van der Waals surface area contributed by atoms with E-state index in [-0.39, 0.29) is 18.5 Å². The molecule has 6 heteroatoms. The summed E-state index contributed by atoms with van der Waals surface area (Å²) in [6.45, 7) is 4.07. The predicted octanol–water partition coefficient (Wildman–Crippen LogP) is 2.58. The average molecular weight is 367 g/mol. The van der Waals surface area contributed by atoms with Gasteiger partial charge in [-0.3, -0.25) is 4.79 Å². The van der Waals surface area contributed by atoms with Crippen LogP contribution < -0.4 is 4.74 Å². The number of hydrogen-bond donors (Lipinski definition) is 0. The highest BCUT2D eigenvalue weighted by atomic mass is 16.5. The third kappa shape index (κ3) is 3.99. The Morgan fingerprint density at radius 3 is 2.15 bits per heavy atom. The summed E-state index contributed by atoms with van der Waals surface area (Å²) in [5.41, 5.74) is 0. The summed E-state index contributed by atoms with van der Waals surface area (Å²) in [6.07, 6.45) is 2.19. The minimum absolute atomic E-state index is 0.0262. The minimum atomic E-state index is -0.0311. The maximum absolute atomic E-state index is 12.5. The summed E-state index contributed by atoms with van der Waals surface area (Å²) in [5, 5.41) is 2.24. The molecule has 4 rings (SSSR count). The van der Waals surface area contributed by atoms with E-state index in [0.717, 1.165) is 36.7 Å². The van der Waals surface area contributed by atoms with Gasteiger partial charge in [-0.2, -0.15) is 0 Å². The van der Waals surface area contributed by atoms with Gasteiger partial charge >= 0.3 is 6.03 Å². The summed E-state index contributed by atoms with van der Waals surface area (Å²) < 4.78 is 5.70. The lowest BCUT2D eigenvalue weighted by Gasteiger charge is -2.36. The van der Waals surface area contributed by atoms with Gasteiger partial charge in [-0.25, -0.2) is 4.79 Å². The molecule has 0 aromatic heterocycles. The van der Waals surface area contributed by atoms with Crippen LogP contribution >= 0.6 is 0 Å². The van der Waals surface area contributed by atoms with Crippen LogP contribution in [0.5, 0.6) is 5.75 Å². The Bertz CT molecular complexity index is 824. The number of likely N-dealkylation sites (tertiary alicyclic amines) is 1. The second kappa shape index (κ2) is 7.86. The summed E-state index contributed by atoms with van der Waals surface area (Å²) in [4.78, 5) is 30.4. The molecular weight excluding hydrogens is 342 g/mol. The average Bonchev–Trinajstić information content (AvgIpc) is 3.26. The molecule has 0 aliphatic carbocycles. The van der Waals surface area contributed by atoms with E-state index >= 15 is 0 Å². The summed E-state index contributed by atoms with van der Waals surface area (Å²) in [6, 6.07) is 14.0. The third-order valence-electron chi connectivity index (χ3n) is 5.36. The number of ether oxygens (including phenoxy) is 1. The summed E-state index contributed by atoms with van der Waals surface area (Å²) in [7, 11) is 0. The van der Waals surface area contributed by atoms with Crippen molar-refractivity contribution in [2.75, 3.05) is 45.9 Å². The van der Waals surface area contributed by atoms with Crippen molar-refractivity contribution in [3.63, 3.8) is 0 Å². The normalized spacial score (nSPS) is 17.4. The highest BCUT2D eigenvalue weighted by Crippen LogP contribution is 2.20. The predicted molar refractivity (Wildman–Crippen MR) is 104 cm³/mol. The van der Waals surface area contributed by atoms with Gasteiger partial charge in [-0.15, -0.1) is 0 Å². The Balaban J connectivity index is 1.27. The van der Waals surface area contributed by atoms with Gasteiger partial charge in [0.1, 0.15) is 5.75 Å². The van der Waals surface area contributed by atoms with Gasteiger partial charge in [0.05, 0.1) is 0 Å². The molecule has 2 fully saturated rings. The smallest absolute Gasteiger partial charge is 0.320 e. The number of piperazine rings is 1. The molecule has 27 heavy (non-hydrogen) atoms. The molecular formula is C21H25N3O3. The number of carbonyl (C=O) groups excluding carboxylic acids is 2. The van der Waals surface area contributed by atoms with Crippen molar-refractivity contribution in [1.29, 1.82) is 0 Å². The first-order valence-corrected chi connectivity index (χ1v) is 9.64. The second-order valence-electron chi connectivity index (χ2n) is 7.14. The van der Waals surface area contributed by atoms with E-state index in [2.05, 4.69) is 0 Å². The van der Waals surface area contributed by atoms with Gasteiger partial charge in [0, 0.05) is 39.3 Å². The molecule has 6 nitrogen and oxygen atoms in total. The van der Waals surface area contributed by atoms with Crippen LogP contribution in [0.25, 0.3) is 10.8 Å². The van der Waals surface area contributed by atoms with Crippen molar-refractivity contribution < 1.29 is 14.3 Å². The standard InChI is InChI=1S/C21H25N3O3/c25-20(16-27-19-8-7-17-5-1-2-6-18(17)15-19)22-11-13-24(14-12-22)21(26)23-9-3-4-10-23/h1-2,5-8,15H,3-4,9-14,16H2. The fraction of sp³-hybridized carbons (Fsp3) is 0.429. The Kier molecular flexibility index (Phi) is 5.14. The second-order valence-corrected chi connectivity index (χ2v) is 7.14. The number of fused-ring (bicyclic) bond motifs is 1. The molecule has 0 bridgehead atoms. The Hall–Kier alpha value is -2.76. The van der Waals surface area contributed by atoms with Crippen molar-refractivity contribution in [1.82, 2.24) is 14.7 Å². The van der Waals surface area contributed by atoms with Crippen molar-refractivity contribution >= 4 is 22.7 Å². The van der Waals surface area contributed by atoms with Crippen LogP contribution in [0.15, 0.2) is 42.5 Å². The molecule has 0 saturated carbocycles. The molecule has 0 unspecified atom stereocenters. The fourth-order valence-electron chi connectivity index (χ4n) is 3.75. The van der Waals surface area contributed by atoms with Gasteiger partial charge in [0.2, 0.25) is 0 Å². The van der Waals surface area contributed by atoms with Gasteiger partial charge in [0.25, 0.3) is 5.91 Å². The molecule has 2 aliphatic rings. The highest BCUT2D eigenvalue weighted by molar-refractivity contribution is 5.84. The highest BCUT2D eigenvalue weighted by Gasteiger charge is 2.28. The van der Waals surface area contributed by atoms with E-state index in [1.165, 1.54) is 0 Å². The van der Waals surface area contributed by atoms with Crippen molar-refractivity contribution in [3.05, 3.63) is 42.5 Å². The first-order valence-electron chi connectivity index (χ1n) is 9.64. The van der Waals surface area contributed by atoms with Crippen molar-refractivity contribution in [2.45, 2.75) is 12.8 Å². The SMILES string of the molecule is O=C(COc1ccc2ccccc2c1)N1CCN(C(=O)N2CCCC2)CC1. The van der Waals surface area contributed by atoms with Gasteiger partial charge in [-0.05, 0) is 35.7 Å². The van der Waals surface area contributed by atoms with Crippen LogP contribution in [0.4, 0.5) is 4.79 Å². The topological polar surface area (TPSA) is 53.1 Å². The van der Waals surface area contributed by atoms with E-state index < -0.39 is 0 Å². The molecule has 0 radical (unpaired) electrons. The van der Waals surface area contributed by atoms with E-state index in [0.29, 0.717) is 31.9 Å². The van der Waals surface area contributed by atoms with Crippen LogP contribution in [0.1, 0.15) is 12.8 Å². The van der Waals surface area contributed by atoms with E-state index in [1.54, 1.807) is 4.90 Å². The quantitative estimate of drug-likeness (QED) is 0.838. The largest absolute Gasteiger partial charge is 0.484 e. The molecule has 2 heterocycles. The zero-order chi connectivity index (χ0) is 18.6. The third-order valence-corrected chi connectivity index (χ3v) is 5.36. The number of amides is 3. The molecule has 0 spiro atoms. The van der Waals surface area contributed by atoms with Gasteiger partial charge in [-0.1, -0.05) is 30.3 Å². The lowest BCUT2D eigenvalue weighted by molar-refractivity contribution is -0.134. The Morgan fingerprint density at radius 1 is 0.778 bits per heavy atom. The van der Waals surface area contributed by atoms with E-state index in [1.807, 2.05) is 52.3 Å². The maximum Gasteiger partial charge on any atom is 0.320 e. The van der Waals surface area contributed by atoms with Gasteiger partial charge in [0.15, 0.2) is 6.61 Å². The van der Waals surface area contributed by atoms with Crippen molar-refractivity contribution in [3.8, 4) is 5.75 Å². The number of urea groups is 1. The number of nitrogens with zero attached hydrogens (tertiary/aromatic N) is 3. The first-order chi connectivity index (χ1) is 13.2. The maximum atomic E-state index is 12.5. The number of rotatable bonds is 3. The molecule has 2 saturated heterocycles. The van der Waals surface area contributed by atoms with Crippen LogP contribution in [-0.2, 0) is 4.79 Å². The van der Waals surface area contributed by atoms with Crippen LogP contribution in [0, 0.1) is 0 Å².